The van der Waals surface area contributed by atoms with Crippen molar-refractivity contribution in [1.82, 2.24) is 9.78 Å². The number of amides is 1. The number of benzene rings is 1. The number of aromatic nitrogens is 2. The van der Waals surface area contributed by atoms with E-state index in [9.17, 15) is 25.0 Å². The molecule has 2 rings (SSSR count). The van der Waals surface area contributed by atoms with Crippen LogP contribution in [0.5, 0.6) is 0 Å². The SMILES string of the molecule is Cc1c([N+](=O)[O-])cnn1C(C)C(=O)Nc1ccc(Cl)cc1[N+](=O)[O-]. The van der Waals surface area contributed by atoms with Gasteiger partial charge >= 0.3 is 5.69 Å². The Balaban J connectivity index is 2.27. The summed E-state index contributed by atoms with van der Waals surface area (Å²) < 4.78 is 1.18. The van der Waals surface area contributed by atoms with Crippen LogP contribution in [-0.4, -0.2) is 25.5 Å². The van der Waals surface area contributed by atoms with Crippen LogP contribution in [0.1, 0.15) is 18.7 Å². The monoisotopic (exact) mass is 353 g/mol. The number of rotatable bonds is 5. The summed E-state index contributed by atoms with van der Waals surface area (Å²) in [7, 11) is 0. The number of nitrogens with one attached hydrogen (secondary N) is 1. The summed E-state index contributed by atoms with van der Waals surface area (Å²) >= 11 is 5.71. The summed E-state index contributed by atoms with van der Waals surface area (Å²) in [6.45, 7) is 2.93. The Morgan fingerprint density at radius 1 is 1.29 bits per heavy atom. The van der Waals surface area contributed by atoms with E-state index in [2.05, 4.69) is 10.4 Å². The summed E-state index contributed by atoms with van der Waals surface area (Å²) in [4.78, 5) is 32.9. The molecule has 1 aromatic heterocycles. The highest BCUT2D eigenvalue weighted by atomic mass is 35.5. The first-order valence-corrected chi connectivity index (χ1v) is 7.03. The van der Waals surface area contributed by atoms with Crippen molar-refractivity contribution in [3.8, 4) is 0 Å². The van der Waals surface area contributed by atoms with Gasteiger partial charge in [-0.05, 0) is 26.0 Å². The second-order valence-corrected chi connectivity index (χ2v) is 5.34. The van der Waals surface area contributed by atoms with Crippen LogP contribution in [0.15, 0.2) is 24.4 Å². The number of nitro benzene ring substituents is 1. The van der Waals surface area contributed by atoms with E-state index < -0.39 is 21.8 Å². The van der Waals surface area contributed by atoms with Gasteiger partial charge in [0.25, 0.3) is 5.69 Å². The van der Waals surface area contributed by atoms with Crippen molar-refractivity contribution >= 4 is 34.6 Å². The van der Waals surface area contributed by atoms with E-state index in [0.29, 0.717) is 0 Å². The first kappa shape index (κ1) is 17.3. The minimum absolute atomic E-state index is 0.0273. The summed E-state index contributed by atoms with van der Waals surface area (Å²) in [5.41, 5.74) is -0.396. The average Bonchev–Trinajstić information content (AvgIpc) is 2.89. The number of hydrogen-bond donors (Lipinski definition) is 1. The van der Waals surface area contributed by atoms with Gasteiger partial charge in [-0.25, -0.2) is 0 Å². The molecule has 24 heavy (non-hydrogen) atoms. The van der Waals surface area contributed by atoms with Crippen LogP contribution in [0, 0.1) is 27.2 Å². The van der Waals surface area contributed by atoms with Gasteiger partial charge in [0.2, 0.25) is 5.91 Å². The Bertz CT molecular complexity index is 834. The van der Waals surface area contributed by atoms with Crippen molar-refractivity contribution in [2.24, 2.45) is 0 Å². The molecular weight excluding hydrogens is 342 g/mol. The topological polar surface area (TPSA) is 133 Å². The van der Waals surface area contributed by atoms with Crippen LogP contribution in [-0.2, 0) is 4.79 Å². The Morgan fingerprint density at radius 3 is 2.46 bits per heavy atom. The van der Waals surface area contributed by atoms with Gasteiger partial charge in [0.15, 0.2) is 0 Å². The number of halogens is 1. The van der Waals surface area contributed by atoms with E-state index in [1.807, 2.05) is 0 Å². The maximum atomic E-state index is 12.3. The smallest absolute Gasteiger partial charge is 0.309 e. The van der Waals surface area contributed by atoms with Crippen molar-refractivity contribution in [3.05, 3.63) is 55.3 Å². The van der Waals surface area contributed by atoms with Crippen LogP contribution in [0.25, 0.3) is 0 Å². The number of hydrogen-bond acceptors (Lipinski definition) is 6. The normalized spacial score (nSPS) is 11.8. The number of carbonyl (C=O) groups excluding carboxylic acids is 1. The molecule has 1 aromatic carbocycles. The number of anilines is 1. The fraction of sp³-hybridized carbons (Fsp3) is 0.231. The van der Waals surface area contributed by atoms with Gasteiger partial charge in [0.05, 0.1) is 9.85 Å². The van der Waals surface area contributed by atoms with E-state index in [0.717, 1.165) is 12.3 Å². The lowest BCUT2D eigenvalue weighted by atomic mass is 10.2. The number of carbonyl (C=O) groups is 1. The van der Waals surface area contributed by atoms with Crippen molar-refractivity contribution in [2.45, 2.75) is 19.9 Å². The Labute approximate surface area is 140 Å². The van der Waals surface area contributed by atoms with Gasteiger partial charge in [-0.15, -0.1) is 0 Å². The molecule has 0 spiro atoms. The first-order chi connectivity index (χ1) is 11.2. The summed E-state index contributed by atoms with van der Waals surface area (Å²) in [5.74, 6) is -0.610. The molecule has 0 aliphatic heterocycles. The van der Waals surface area contributed by atoms with Crippen molar-refractivity contribution < 1.29 is 14.6 Å². The Hall–Kier alpha value is -3.01. The van der Waals surface area contributed by atoms with Crippen LogP contribution in [0.3, 0.4) is 0 Å². The van der Waals surface area contributed by atoms with Crippen LogP contribution in [0.4, 0.5) is 17.1 Å². The standard InChI is InChI=1S/C13H12ClN5O5/c1-7-12(19(23)24)6-15-17(7)8(2)13(20)16-10-4-3-9(14)5-11(10)18(21)22/h3-6,8H,1-2H3,(H,16,20). The van der Waals surface area contributed by atoms with E-state index in [-0.39, 0.29) is 27.8 Å². The predicted molar refractivity (Wildman–Crippen MR) is 85.1 cm³/mol. The number of nitrogens with zero attached hydrogens (tertiary/aromatic N) is 4. The third-order valence-corrected chi connectivity index (χ3v) is 3.61. The predicted octanol–water partition coefficient (Wildman–Crippen LogP) is 2.86. The van der Waals surface area contributed by atoms with E-state index >= 15 is 0 Å². The van der Waals surface area contributed by atoms with E-state index in [4.69, 9.17) is 11.6 Å². The van der Waals surface area contributed by atoms with Gasteiger partial charge in [-0.2, -0.15) is 5.10 Å². The Morgan fingerprint density at radius 2 is 1.92 bits per heavy atom. The second kappa shape index (κ2) is 6.62. The minimum Gasteiger partial charge on any atom is -0.319 e. The van der Waals surface area contributed by atoms with Crippen molar-refractivity contribution in [3.63, 3.8) is 0 Å². The summed E-state index contributed by atoms with van der Waals surface area (Å²) in [6, 6.07) is 2.92. The summed E-state index contributed by atoms with van der Waals surface area (Å²) in [5, 5.41) is 28.3. The van der Waals surface area contributed by atoms with Gasteiger partial charge in [-0.3, -0.25) is 29.7 Å². The molecule has 0 fully saturated rings. The lowest BCUT2D eigenvalue weighted by Gasteiger charge is -2.14. The minimum atomic E-state index is -0.908. The lowest BCUT2D eigenvalue weighted by Crippen LogP contribution is -2.25. The molecule has 0 aliphatic carbocycles. The van der Waals surface area contributed by atoms with Crippen LogP contribution in [0.2, 0.25) is 5.02 Å². The molecule has 0 saturated carbocycles. The highest BCUT2D eigenvalue weighted by Gasteiger charge is 2.25. The van der Waals surface area contributed by atoms with Crippen LogP contribution >= 0.6 is 11.6 Å². The quantitative estimate of drug-likeness (QED) is 0.648. The second-order valence-electron chi connectivity index (χ2n) is 4.90. The molecule has 1 amide bonds. The molecule has 0 bridgehead atoms. The van der Waals surface area contributed by atoms with Gasteiger partial charge < -0.3 is 5.32 Å². The molecule has 1 heterocycles. The highest BCUT2D eigenvalue weighted by molar-refractivity contribution is 6.31. The molecule has 126 valence electrons. The molecule has 1 atom stereocenters. The maximum absolute atomic E-state index is 12.3. The average molecular weight is 354 g/mol. The summed E-state index contributed by atoms with van der Waals surface area (Å²) in [6.07, 6.45) is 1.05. The molecule has 0 radical (unpaired) electrons. The molecule has 1 N–H and O–H groups in total. The first-order valence-electron chi connectivity index (χ1n) is 6.65. The van der Waals surface area contributed by atoms with Gasteiger partial charge in [0.1, 0.15) is 23.6 Å². The van der Waals surface area contributed by atoms with Crippen LogP contribution < -0.4 is 5.32 Å². The number of nitro groups is 2. The lowest BCUT2D eigenvalue weighted by molar-refractivity contribution is -0.385. The third kappa shape index (κ3) is 3.33. The highest BCUT2D eigenvalue weighted by Crippen LogP contribution is 2.29. The fourth-order valence-electron chi connectivity index (χ4n) is 2.09. The van der Waals surface area contributed by atoms with E-state index in [1.54, 1.807) is 0 Å². The molecule has 11 heteroatoms. The molecular formula is C13H12ClN5O5. The van der Waals surface area contributed by atoms with E-state index in [1.165, 1.54) is 30.7 Å². The zero-order chi connectivity index (χ0) is 18.0. The largest absolute Gasteiger partial charge is 0.319 e. The maximum Gasteiger partial charge on any atom is 0.309 e. The fourth-order valence-corrected chi connectivity index (χ4v) is 2.26. The van der Waals surface area contributed by atoms with Crippen molar-refractivity contribution in [1.29, 1.82) is 0 Å². The van der Waals surface area contributed by atoms with Crippen molar-refractivity contribution in [2.75, 3.05) is 5.32 Å². The zero-order valence-electron chi connectivity index (χ0n) is 12.6. The molecule has 0 aliphatic rings. The van der Waals surface area contributed by atoms with Gasteiger partial charge in [0, 0.05) is 11.1 Å². The molecule has 1 unspecified atom stereocenters. The Kier molecular flexibility index (Phi) is 4.79. The van der Waals surface area contributed by atoms with Gasteiger partial charge in [-0.1, -0.05) is 11.6 Å². The zero-order valence-corrected chi connectivity index (χ0v) is 13.4. The molecule has 2 aromatic rings. The third-order valence-electron chi connectivity index (χ3n) is 3.38. The molecule has 0 saturated heterocycles. The molecule has 10 nitrogen and oxygen atoms in total.